The first-order valence-electron chi connectivity index (χ1n) is 12.6. The van der Waals surface area contributed by atoms with Gasteiger partial charge in [-0.25, -0.2) is 4.79 Å². The van der Waals surface area contributed by atoms with Crippen molar-refractivity contribution in [3.05, 3.63) is 99.0 Å². The monoisotopic (exact) mass is 529 g/mol. The number of fused-ring (bicyclic) bond motifs is 1. The van der Waals surface area contributed by atoms with Crippen molar-refractivity contribution in [2.24, 2.45) is 0 Å². The molecule has 2 unspecified atom stereocenters. The van der Waals surface area contributed by atoms with Gasteiger partial charge in [0, 0.05) is 40.1 Å². The molecule has 2 aliphatic heterocycles. The molecule has 0 fully saturated rings. The zero-order valence-corrected chi connectivity index (χ0v) is 21.7. The number of hydrogen-bond donors (Lipinski definition) is 1. The summed E-state index contributed by atoms with van der Waals surface area (Å²) in [7, 11) is 0. The normalized spacial score (nSPS) is 20.2. The highest BCUT2D eigenvalue weighted by atomic mass is 32.1. The third-order valence-electron chi connectivity index (χ3n) is 7.05. The van der Waals surface area contributed by atoms with Crippen LogP contribution in [0, 0.1) is 0 Å². The van der Waals surface area contributed by atoms with Crippen LogP contribution in [0.5, 0.6) is 17.2 Å². The van der Waals surface area contributed by atoms with Gasteiger partial charge in [-0.15, -0.1) is 11.3 Å². The van der Waals surface area contributed by atoms with E-state index in [-0.39, 0.29) is 31.7 Å². The molecule has 3 heterocycles. The van der Waals surface area contributed by atoms with E-state index in [0.717, 1.165) is 11.3 Å². The zero-order valence-electron chi connectivity index (χ0n) is 20.9. The number of ether oxygens (including phenoxy) is 4. The lowest BCUT2D eigenvalue weighted by atomic mass is 9.72. The molecule has 1 aliphatic carbocycles. The van der Waals surface area contributed by atoms with Crippen LogP contribution in [0.1, 0.15) is 42.0 Å². The number of thiophene rings is 1. The van der Waals surface area contributed by atoms with Gasteiger partial charge in [0.25, 0.3) is 0 Å². The first-order valence-corrected chi connectivity index (χ1v) is 13.5. The van der Waals surface area contributed by atoms with Crippen LogP contribution in [-0.4, -0.2) is 31.8 Å². The van der Waals surface area contributed by atoms with E-state index in [0.29, 0.717) is 46.9 Å². The summed E-state index contributed by atoms with van der Waals surface area (Å²) in [6, 6.07) is 19.0. The van der Waals surface area contributed by atoms with Gasteiger partial charge in [0.2, 0.25) is 6.79 Å². The second-order valence-electron chi connectivity index (χ2n) is 9.44. The van der Waals surface area contributed by atoms with E-state index in [1.165, 1.54) is 4.88 Å². The molecule has 3 aromatic rings. The number of benzene rings is 2. The second-order valence-corrected chi connectivity index (χ2v) is 10.4. The van der Waals surface area contributed by atoms with Crippen LogP contribution in [-0.2, 0) is 14.3 Å². The highest BCUT2D eigenvalue weighted by Crippen LogP contribution is 2.47. The van der Waals surface area contributed by atoms with Crippen molar-refractivity contribution in [3.8, 4) is 17.2 Å². The van der Waals surface area contributed by atoms with Crippen molar-refractivity contribution in [3.63, 3.8) is 0 Å². The maximum Gasteiger partial charge on any atom is 0.336 e. The summed E-state index contributed by atoms with van der Waals surface area (Å²) in [5.74, 6) is 1.05. The molecule has 0 saturated carbocycles. The van der Waals surface area contributed by atoms with Crippen molar-refractivity contribution in [1.82, 2.24) is 5.32 Å². The lowest BCUT2D eigenvalue weighted by Gasteiger charge is -2.36. The van der Waals surface area contributed by atoms with E-state index in [4.69, 9.17) is 18.9 Å². The number of hydrogen-bond acceptors (Lipinski definition) is 8. The zero-order chi connectivity index (χ0) is 26.1. The number of carbonyl (C=O) groups excluding carboxylic acids is 2. The fourth-order valence-corrected chi connectivity index (χ4v) is 6.18. The second kappa shape index (κ2) is 10.4. The fourth-order valence-electron chi connectivity index (χ4n) is 5.35. The fraction of sp³-hybridized carbons (Fsp3) is 0.267. The number of ketones is 1. The van der Waals surface area contributed by atoms with Gasteiger partial charge in [-0.3, -0.25) is 4.79 Å². The van der Waals surface area contributed by atoms with Gasteiger partial charge in [0.1, 0.15) is 19.0 Å². The molecule has 1 N–H and O–H groups in total. The predicted molar refractivity (Wildman–Crippen MR) is 142 cm³/mol. The average Bonchev–Trinajstić information content (AvgIpc) is 3.63. The Labute approximate surface area is 224 Å². The maximum atomic E-state index is 13.7. The highest BCUT2D eigenvalue weighted by molar-refractivity contribution is 7.10. The minimum absolute atomic E-state index is 0.0324. The number of esters is 1. The Morgan fingerprint density at radius 3 is 2.68 bits per heavy atom. The van der Waals surface area contributed by atoms with E-state index in [1.807, 2.05) is 66.9 Å². The summed E-state index contributed by atoms with van der Waals surface area (Å²) < 4.78 is 22.5. The smallest absolute Gasteiger partial charge is 0.336 e. The van der Waals surface area contributed by atoms with E-state index < -0.39 is 11.9 Å². The molecule has 0 radical (unpaired) electrons. The number of carbonyl (C=O) groups is 2. The van der Waals surface area contributed by atoms with E-state index >= 15 is 0 Å². The van der Waals surface area contributed by atoms with Crippen LogP contribution in [0.3, 0.4) is 0 Å². The molecule has 1 aromatic heterocycles. The summed E-state index contributed by atoms with van der Waals surface area (Å²) in [6.45, 7) is 2.31. The van der Waals surface area contributed by atoms with Crippen molar-refractivity contribution in [2.45, 2.75) is 31.6 Å². The molecule has 8 heteroatoms. The summed E-state index contributed by atoms with van der Waals surface area (Å²) in [4.78, 5) is 28.4. The van der Waals surface area contributed by atoms with Crippen molar-refractivity contribution >= 4 is 23.1 Å². The number of allylic oxidation sites excluding steroid dienone is 3. The first kappa shape index (κ1) is 24.3. The first-order chi connectivity index (χ1) is 18.6. The molecule has 3 aliphatic rings. The number of dihydropyridines is 1. The molecule has 6 rings (SSSR count). The summed E-state index contributed by atoms with van der Waals surface area (Å²) >= 11 is 1.67. The average molecular weight is 530 g/mol. The number of Topliss-reactive ketones (excluding diaryl/α,β-unsaturated/α-hetero) is 1. The molecule has 0 saturated heterocycles. The van der Waals surface area contributed by atoms with Gasteiger partial charge in [-0.1, -0.05) is 30.3 Å². The Kier molecular flexibility index (Phi) is 6.64. The molecule has 0 amide bonds. The quantitative estimate of drug-likeness (QED) is 0.321. The molecule has 194 valence electrons. The molecule has 0 bridgehead atoms. The number of para-hydroxylation sites is 1. The molecule has 38 heavy (non-hydrogen) atoms. The maximum absolute atomic E-state index is 13.7. The molecular formula is C30H27NO6S. The molecular weight excluding hydrogens is 502 g/mol. The Morgan fingerprint density at radius 2 is 1.87 bits per heavy atom. The van der Waals surface area contributed by atoms with E-state index in [2.05, 4.69) is 11.4 Å². The van der Waals surface area contributed by atoms with E-state index in [1.54, 1.807) is 11.3 Å². The van der Waals surface area contributed by atoms with Crippen LogP contribution in [0.25, 0.3) is 0 Å². The summed E-state index contributed by atoms with van der Waals surface area (Å²) in [5, 5.41) is 5.43. The molecule has 7 nitrogen and oxygen atoms in total. The van der Waals surface area contributed by atoms with Gasteiger partial charge in [-0.05, 0) is 54.6 Å². The van der Waals surface area contributed by atoms with Crippen molar-refractivity contribution in [2.75, 3.05) is 20.0 Å². The lowest BCUT2D eigenvalue weighted by molar-refractivity contribution is -0.140. The molecule has 0 spiro atoms. The standard InChI is InChI=1S/C30H27NO6S/c1-18-27(30(33)35-12-11-34-21-6-3-2-4-7-21)28(19-9-10-24-25(16-19)37-17-36-24)29-22(31-18)14-20(15-23(29)32)26-8-5-13-38-26/h2-10,13,16,20,28,31H,11-12,14-15,17H2,1H3. The Morgan fingerprint density at radius 1 is 1.03 bits per heavy atom. The van der Waals surface area contributed by atoms with Gasteiger partial charge in [0.05, 0.1) is 5.57 Å². The SMILES string of the molecule is CC1=C(C(=O)OCCOc2ccccc2)C(c2ccc3c(c2)OCO3)C2=C(CC(c3cccs3)CC2=O)N1. The Balaban J connectivity index is 1.29. The Bertz CT molecular complexity index is 1430. The molecule has 2 atom stereocenters. The largest absolute Gasteiger partial charge is 0.490 e. The van der Waals surface area contributed by atoms with E-state index in [9.17, 15) is 9.59 Å². The van der Waals surface area contributed by atoms with Crippen LogP contribution >= 0.6 is 11.3 Å². The minimum Gasteiger partial charge on any atom is -0.490 e. The summed E-state index contributed by atoms with van der Waals surface area (Å²) in [6.07, 6.45) is 1.10. The van der Waals surface area contributed by atoms with Crippen LogP contribution < -0.4 is 19.5 Å². The molecule has 2 aromatic carbocycles. The topological polar surface area (TPSA) is 83.1 Å². The highest BCUT2D eigenvalue weighted by Gasteiger charge is 2.42. The van der Waals surface area contributed by atoms with Gasteiger partial charge in [0.15, 0.2) is 17.3 Å². The number of nitrogens with one attached hydrogen (secondary N) is 1. The Hall–Kier alpha value is -4.04. The third-order valence-corrected chi connectivity index (χ3v) is 8.09. The lowest BCUT2D eigenvalue weighted by Crippen LogP contribution is -2.36. The summed E-state index contributed by atoms with van der Waals surface area (Å²) in [5.41, 5.74) is 3.38. The van der Waals surface area contributed by atoms with Gasteiger partial charge < -0.3 is 24.3 Å². The minimum atomic E-state index is -0.569. The van der Waals surface area contributed by atoms with Crippen LogP contribution in [0.2, 0.25) is 0 Å². The van der Waals surface area contributed by atoms with Crippen LogP contribution in [0.4, 0.5) is 0 Å². The van der Waals surface area contributed by atoms with Gasteiger partial charge in [-0.2, -0.15) is 0 Å². The van der Waals surface area contributed by atoms with Crippen LogP contribution in [0.15, 0.2) is 88.6 Å². The third kappa shape index (κ3) is 4.67. The number of rotatable bonds is 7. The predicted octanol–water partition coefficient (Wildman–Crippen LogP) is 5.46. The van der Waals surface area contributed by atoms with Gasteiger partial charge >= 0.3 is 5.97 Å². The van der Waals surface area contributed by atoms with Crippen molar-refractivity contribution < 1.29 is 28.5 Å². The van der Waals surface area contributed by atoms with Crippen molar-refractivity contribution in [1.29, 1.82) is 0 Å².